The minimum absolute atomic E-state index is 0.0804. The van der Waals surface area contributed by atoms with Gasteiger partial charge in [-0.1, -0.05) is 0 Å². The molecular formula is C10H5InNO6. The van der Waals surface area contributed by atoms with Crippen molar-refractivity contribution in [3.05, 3.63) is 22.1 Å². The number of hydrogen-bond donors (Lipinski definition) is 0. The molecule has 0 spiro atoms. The van der Waals surface area contributed by atoms with E-state index in [4.69, 9.17) is 13.9 Å². The van der Waals surface area contributed by atoms with Gasteiger partial charge in [-0.15, -0.1) is 0 Å². The first-order valence-electron chi connectivity index (χ1n) is 5.09. The molecule has 3 heterocycles. The molecule has 0 saturated carbocycles. The van der Waals surface area contributed by atoms with E-state index >= 15 is 0 Å². The first-order valence-corrected chi connectivity index (χ1v) is 8.47. The number of rotatable bonds is 4. The molecule has 0 saturated heterocycles. The SMILES string of the molecule is C[CH](OC(=O)c1c2c3oc1cc3OC2=O)[In][N]=O. The van der Waals surface area contributed by atoms with Crippen molar-refractivity contribution in [2.45, 2.75) is 10.8 Å². The maximum atomic E-state index is 11.9. The monoisotopic (exact) mass is 350 g/mol. The summed E-state index contributed by atoms with van der Waals surface area (Å²) in [5.74, 6) is -0.952. The zero-order valence-electron chi connectivity index (χ0n) is 9.13. The number of fused-ring (bicyclic) bond motifs is 1. The normalized spacial score (nSPS) is 14.6. The van der Waals surface area contributed by atoms with Crippen LogP contribution in [0.5, 0.6) is 5.75 Å². The van der Waals surface area contributed by atoms with E-state index in [1.165, 1.54) is 6.07 Å². The van der Waals surface area contributed by atoms with Crippen LogP contribution in [0.3, 0.4) is 0 Å². The Labute approximate surface area is 111 Å². The van der Waals surface area contributed by atoms with Gasteiger partial charge in [-0.3, -0.25) is 0 Å². The van der Waals surface area contributed by atoms with E-state index < -0.39 is 39.0 Å². The van der Waals surface area contributed by atoms with Gasteiger partial charge in [-0.05, 0) is 0 Å². The van der Waals surface area contributed by atoms with Crippen LogP contribution in [0.25, 0.3) is 11.2 Å². The molecule has 0 aromatic carbocycles. The Balaban J connectivity index is 1.93. The van der Waals surface area contributed by atoms with Gasteiger partial charge in [0.1, 0.15) is 0 Å². The summed E-state index contributed by atoms with van der Waals surface area (Å²) in [7, 11) is 0. The van der Waals surface area contributed by atoms with Crippen molar-refractivity contribution in [2.75, 3.05) is 0 Å². The summed E-state index contributed by atoms with van der Waals surface area (Å²) in [5, 5.41) is 0. The van der Waals surface area contributed by atoms with Crippen molar-refractivity contribution in [2.24, 2.45) is 3.16 Å². The fourth-order valence-electron chi connectivity index (χ4n) is 1.88. The fourth-order valence-corrected chi connectivity index (χ4v) is 2.89. The Morgan fingerprint density at radius 1 is 1.56 bits per heavy atom. The van der Waals surface area contributed by atoms with Crippen molar-refractivity contribution in [1.82, 2.24) is 0 Å². The number of ether oxygens (including phenoxy) is 2. The van der Waals surface area contributed by atoms with Gasteiger partial charge in [0.2, 0.25) is 0 Å². The topological polar surface area (TPSA) is 95.2 Å². The summed E-state index contributed by atoms with van der Waals surface area (Å²) >= 11 is -1.79. The van der Waals surface area contributed by atoms with Crippen molar-refractivity contribution in [3.63, 3.8) is 0 Å². The second-order valence-electron chi connectivity index (χ2n) is 3.81. The van der Waals surface area contributed by atoms with Crippen molar-refractivity contribution in [1.29, 1.82) is 0 Å². The van der Waals surface area contributed by atoms with E-state index in [-0.39, 0.29) is 22.3 Å². The molecule has 2 aromatic rings. The zero-order valence-corrected chi connectivity index (χ0v) is 12.4. The Morgan fingerprint density at radius 2 is 2.33 bits per heavy atom. The third kappa shape index (κ3) is 1.52. The third-order valence-electron chi connectivity index (χ3n) is 2.60. The molecule has 2 bridgehead atoms. The molecule has 1 atom stereocenters. The van der Waals surface area contributed by atoms with Crippen molar-refractivity contribution in [3.8, 4) is 5.75 Å². The summed E-state index contributed by atoms with van der Waals surface area (Å²) < 4.78 is 17.6. The predicted molar refractivity (Wildman–Crippen MR) is 58.8 cm³/mol. The predicted octanol–water partition coefficient (Wildman–Crippen LogP) is 1.29. The Kier molecular flexibility index (Phi) is 2.54. The van der Waals surface area contributed by atoms with Crippen LogP contribution in [0.1, 0.15) is 27.6 Å². The number of carbonyl (C=O) groups is 2. The van der Waals surface area contributed by atoms with Crippen LogP contribution in [0.15, 0.2) is 13.6 Å². The molecule has 1 aliphatic rings. The van der Waals surface area contributed by atoms with E-state index in [9.17, 15) is 14.5 Å². The molecule has 0 N–H and O–H groups in total. The number of nitroso groups, excluding NO2 is 1. The first kappa shape index (κ1) is 11.5. The molecule has 3 rings (SSSR count). The molecule has 2 aromatic heterocycles. The van der Waals surface area contributed by atoms with Crippen LogP contribution in [0, 0.1) is 4.91 Å². The molecule has 1 aliphatic heterocycles. The molecular weight excluding hydrogens is 345 g/mol. The van der Waals surface area contributed by atoms with Crippen LogP contribution < -0.4 is 4.74 Å². The molecule has 8 heteroatoms. The van der Waals surface area contributed by atoms with Crippen LogP contribution in [0.4, 0.5) is 0 Å². The van der Waals surface area contributed by atoms with Gasteiger partial charge in [-0.25, -0.2) is 0 Å². The van der Waals surface area contributed by atoms with E-state index in [1.807, 2.05) is 0 Å². The van der Waals surface area contributed by atoms with E-state index in [2.05, 4.69) is 3.16 Å². The number of hydrogen-bond acceptors (Lipinski definition) is 7. The Morgan fingerprint density at radius 3 is 3.06 bits per heavy atom. The summed E-state index contributed by atoms with van der Waals surface area (Å²) in [5.41, 5.74) is 0.748. The number of furan rings is 2. The van der Waals surface area contributed by atoms with Crippen molar-refractivity contribution >= 4 is 46.3 Å². The van der Waals surface area contributed by atoms with E-state index in [0.717, 1.165) is 0 Å². The van der Waals surface area contributed by atoms with Crippen LogP contribution >= 0.6 is 0 Å². The van der Waals surface area contributed by atoms with Gasteiger partial charge in [0.25, 0.3) is 0 Å². The number of esters is 2. The van der Waals surface area contributed by atoms with Crippen LogP contribution in [0.2, 0.25) is 0 Å². The standard InChI is InChI=1S/C10H5O5.In.NO/c1-2-13-9(11)6-4-3-5-8(14-4)7(6)10(12)15-5;;1-2/h2-3H,1H3;;/q;+1;-1. The average molecular weight is 350 g/mol. The summed E-state index contributed by atoms with van der Waals surface area (Å²) in [6.45, 7) is 1.62. The van der Waals surface area contributed by atoms with Gasteiger partial charge >= 0.3 is 112 Å². The molecule has 18 heavy (non-hydrogen) atoms. The fraction of sp³-hybridized carbons (Fsp3) is 0.200. The molecule has 1 radical (unpaired) electrons. The summed E-state index contributed by atoms with van der Waals surface area (Å²) in [4.78, 5) is 33.6. The summed E-state index contributed by atoms with van der Waals surface area (Å²) in [6.07, 6.45) is 0. The van der Waals surface area contributed by atoms with Gasteiger partial charge in [0.05, 0.1) is 0 Å². The minimum atomic E-state index is -1.79. The van der Waals surface area contributed by atoms with E-state index in [1.54, 1.807) is 6.92 Å². The van der Waals surface area contributed by atoms with Crippen molar-refractivity contribution < 1.29 is 23.5 Å². The molecule has 1 unspecified atom stereocenters. The second-order valence-corrected chi connectivity index (χ2v) is 7.94. The third-order valence-corrected chi connectivity index (χ3v) is 4.53. The second kappa shape index (κ2) is 3.98. The average Bonchev–Trinajstić information content (AvgIpc) is 2.88. The van der Waals surface area contributed by atoms with Crippen LogP contribution in [-0.2, 0) is 4.74 Å². The Hall–Kier alpha value is -1.57. The molecule has 7 nitrogen and oxygen atoms in total. The maximum absolute atomic E-state index is 11.9. The van der Waals surface area contributed by atoms with Gasteiger partial charge in [0.15, 0.2) is 0 Å². The molecule has 0 fully saturated rings. The van der Waals surface area contributed by atoms with Gasteiger partial charge in [0, 0.05) is 0 Å². The molecule has 89 valence electrons. The molecule has 0 aliphatic carbocycles. The number of carbonyl (C=O) groups excluding carboxylic acids is 2. The zero-order chi connectivity index (χ0) is 12.9. The summed E-state index contributed by atoms with van der Waals surface area (Å²) in [6, 6.07) is 1.48. The quantitative estimate of drug-likeness (QED) is 0.609. The molecule has 0 amide bonds. The number of nitrogens with zero attached hydrogens (tertiary/aromatic N) is 1. The number of benzene rings is 1. The van der Waals surface area contributed by atoms with Gasteiger partial charge < -0.3 is 0 Å². The first-order chi connectivity index (χ1) is 8.61. The van der Waals surface area contributed by atoms with E-state index in [0.29, 0.717) is 5.75 Å². The Bertz CT molecular complexity index is 662. The van der Waals surface area contributed by atoms with Crippen LogP contribution in [-0.4, -0.2) is 39.0 Å². The van der Waals surface area contributed by atoms with Gasteiger partial charge in [-0.2, -0.15) is 0 Å².